The van der Waals surface area contributed by atoms with Gasteiger partial charge >= 0.3 is 5.97 Å². The lowest BCUT2D eigenvalue weighted by atomic mass is 10.1. The number of hydrogen-bond acceptors (Lipinski definition) is 4. The van der Waals surface area contributed by atoms with Crippen LogP contribution < -0.4 is 5.73 Å². The van der Waals surface area contributed by atoms with Crippen LogP contribution in [0.4, 0.5) is 5.69 Å². The molecule has 0 amide bonds. The number of rotatable bonds is 8. The predicted octanol–water partition coefficient (Wildman–Crippen LogP) is 2.52. The van der Waals surface area contributed by atoms with Crippen LogP contribution in [0.15, 0.2) is 6.20 Å². The first-order valence-corrected chi connectivity index (χ1v) is 6.61. The zero-order valence-electron chi connectivity index (χ0n) is 11.3. The number of carbonyl (C=O) groups excluding carboxylic acids is 1. The van der Waals surface area contributed by atoms with Crippen LogP contribution in [0, 0.1) is 0 Å². The molecule has 102 valence electrons. The number of aromatic nitrogens is 2. The zero-order valence-corrected chi connectivity index (χ0v) is 11.3. The molecule has 0 aromatic carbocycles. The summed E-state index contributed by atoms with van der Waals surface area (Å²) in [7, 11) is 1.68. The van der Waals surface area contributed by atoms with Gasteiger partial charge in [0.15, 0.2) is 5.69 Å². The van der Waals surface area contributed by atoms with E-state index in [-0.39, 0.29) is 5.97 Å². The molecule has 0 fully saturated rings. The van der Waals surface area contributed by atoms with Crippen LogP contribution in [0.1, 0.15) is 55.9 Å². The van der Waals surface area contributed by atoms with Gasteiger partial charge in [-0.05, 0) is 6.42 Å². The summed E-state index contributed by atoms with van der Waals surface area (Å²) in [6.45, 7) is 2.65. The van der Waals surface area contributed by atoms with Gasteiger partial charge in [0.25, 0.3) is 0 Å². The molecule has 5 heteroatoms. The molecule has 0 saturated carbocycles. The summed E-state index contributed by atoms with van der Waals surface area (Å²) in [6, 6.07) is 0. The fourth-order valence-corrected chi connectivity index (χ4v) is 1.82. The number of nitrogen functional groups attached to an aromatic ring is 1. The Morgan fingerprint density at radius 2 is 2.00 bits per heavy atom. The third-order valence-corrected chi connectivity index (χ3v) is 2.89. The number of nitrogens with two attached hydrogens (primary N) is 1. The monoisotopic (exact) mass is 253 g/mol. The second-order valence-electron chi connectivity index (χ2n) is 4.48. The minimum Gasteiger partial charge on any atom is -0.461 e. The lowest BCUT2D eigenvalue weighted by Gasteiger charge is -2.05. The zero-order chi connectivity index (χ0) is 13.4. The summed E-state index contributed by atoms with van der Waals surface area (Å²) in [6.07, 6.45) is 8.47. The van der Waals surface area contributed by atoms with E-state index in [9.17, 15) is 4.79 Å². The number of anilines is 1. The molecule has 1 aromatic heterocycles. The molecular weight excluding hydrogens is 230 g/mol. The highest BCUT2D eigenvalue weighted by Gasteiger charge is 2.15. The topological polar surface area (TPSA) is 70.1 Å². The van der Waals surface area contributed by atoms with Gasteiger partial charge in [0.2, 0.25) is 0 Å². The van der Waals surface area contributed by atoms with Crippen LogP contribution in [0.3, 0.4) is 0 Å². The van der Waals surface area contributed by atoms with Crippen molar-refractivity contribution >= 4 is 11.7 Å². The highest BCUT2D eigenvalue weighted by Crippen LogP contribution is 2.11. The third-order valence-electron chi connectivity index (χ3n) is 2.89. The average Bonchev–Trinajstić information content (AvgIpc) is 2.68. The van der Waals surface area contributed by atoms with Crippen LogP contribution >= 0.6 is 0 Å². The fourth-order valence-electron chi connectivity index (χ4n) is 1.82. The number of hydrogen-bond donors (Lipinski definition) is 1. The van der Waals surface area contributed by atoms with Crippen molar-refractivity contribution in [2.45, 2.75) is 45.4 Å². The van der Waals surface area contributed by atoms with E-state index in [4.69, 9.17) is 10.5 Å². The Balaban J connectivity index is 2.18. The van der Waals surface area contributed by atoms with Crippen molar-refractivity contribution in [3.05, 3.63) is 11.9 Å². The maximum atomic E-state index is 11.7. The quantitative estimate of drug-likeness (QED) is 0.571. The molecule has 0 aliphatic heterocycles. The molecule has 0 radical (unpaired) electrons. The summed E-state index contributed by atoms with van der Waals surface area (Å²) in [5.41, 5.74) is 6.34. The molecule has 1 rings (SSSR count). The minimum absolute atomic E-state index is 0.334. The summed E-state index contributed by atoms with van der Waals surface area (Å²) in [5, 5.41) is 3.91. The molecule has 5 nitrogen and oxygen atoms in total. The Hall–Kier alpha value is -1.52. The largest absolute Gasteiger partial charge is 0.461 e. The van der Waals surface area contributed by atoms with Gasteiger partial charge in [0.05, 0.1) is 18.5 Å². The number of aryl methyl sites for hydroxylation is 1. The predicted molar refractivity (Wildman–Crippen MR) is 71.3 cm³/mol. The van der Waals surface area contributed by atoms with E-state index in [0.717, 1.165) is 12.8 Å². The van der Waals surface area contributed by atoms with Gasteiger partial charge in [-0.2, -0.15) is 5.10 Å². The van der Waals surface area contributed by atoms with E-state index in [2.05, 4.69) is 12.0 Å². The Morgan fingerprint density at radius 1 is 1.33 bits per heavy atom. The Kier molecular flexibility index (Phi) is 6.25. The van der Waals surface area contributed by atoms with E-state index >= 15 is 0 Å². The highest BCUT2D eigenvalue weighted by molar-refractivity contribution is 5.92. The highest BCUT2D eigenvalue weighted by atomic mass is 16.5. The van der Waals surface area contributed by atoms with E-state index in [1.165, 1.54) is 36.6 Å². The third kappa shape index (κ3) is 4.39. The Morgan fingerprint density at radius 3 is 2.61 bits per heavy atom. The molecular formula is C13H23N3O2. The van der Waals surface area contributed by atoms with Crippen molar-refractivity contribution in [2.24, 2.45) is 7.05 Å². The van der Waals surface area contributed by atoms with Gasteiger partial charge in [-0.25, -0.2) is 4.79 Å². The van der Waals surface area contributed by atoms with Crippen molar-refractivity contribution in [3.8, 4) is 0 Å². The Labute approximate surface area is 108 Å². The number of esters is 1. The summed E-state index contributed by atoms with van der Waals surface area (Å²) in [5.74, 6) is -0.388. The first kappa shape index (κ1) is 14.5. The van der Waals surface area contributed by atoms with Gasteiger partial charge in [0, 0.05) is 7.05 Å². The van der Waals surface area contributed by atoms with Crippen LogP contribution in [0.25, 0.3) is 0 Å². The number of nitrogens with zero attached hydrogens (tertiary/aromatic N) is 2. The molecule has 2 N–H and O–H groups in total. The van der Waals surface area contributed by atoms with Gasteiger partial charge in [-0.15, -0.1) is 0 Å². The van der Waals surface area contributed by atoms with Crippen molar-refractivity contribution in [1.29, 1.82) is 0 Å². The maximum absolute atomic E-state index is 11.7. The van der Waals surface area contributed by atoms with Crippen molar-refractivity contribution in [2.75, 3.05) is 12.3 Å². The van der Waals surface area contributed by atoms with Gasteiger partial charge < -0.3 is 10.5 Å². The standard InChI is InChI=1S/C13H23N3O2/c1-3-4-5-6-7-8-9-18-13(17)12-11(14)10-15-16(12)2/h10H,3-9,14H2,1-2H3. The lowest BCUT2D eigenvalue weighted by Crippen LogP contribution is -2.13. The molecule has 0 aliphatic rings. The molecule has 0 saturated heterocycles. The average molecular weight is 253 g/mol. The molecule has 1 heterocycles. The van der Waals surface area contributed by atoms with Crippen LogP contribution in [0.5, 0.6) is 0 Å². The molecule has 0 atom stereocenters. The van der Waals surface area contributed by atoms with E-state index < -0.39 is 0 Å². The molecule has 0 bridgehead atoms. The van der Waals surface area contributed by atoms with E-state index in [1.807, 2.05) is 0 Å². The Bertz CT molecular complexity index is 355. The van der Waals surface area contributed by atoms with Gasteiger partial charge in [0.1, 0.15) is 0 Å². The molecule has 0 spiro atoms. The summed E-state index contributed by atoms with van der Waals surface area (Å²) < 4.78 is 6.62. The normalized spacial score (nSPS) is 10.6. The smallest absolute Gasteiger partial charge is 0.358 e. The van der Waals surface area contributed by atoms with E-state index in [0.29, 0.717) is 18.0 Å². The summed E-state index contributed by atoms with van der Waals surface area (Å²) >= 11 is 0. The fraction of sp³-hybridized carbons (Fsp3) is 0.692. The summed E-state index contributed by atoms with van der Waals surface area (Å²) in [4.78, 5) is 11.7. The second kappa shape index (κ2) is 7.74. The van der Waals surface area contributed by atoms with Gasteiger partial charge in [-0.1, -0.05) is 39.0 Å². The van der Waals surface area contributed by atoms with Crippen molar-refractivity contribution < 1.29 is 9.53 Å². The van der Waals surface area contributed by atoms with E-state index in [1.54, 1.807) is 7.05 Å². The van der Waals surface area contributed by atoms with Crippen LogP contribution in [-0.4, -0.2) is 22.4 Å². The first-order valence-electron chi connectivity index (χ1n) is 6.61. The lowest BCUT2D eigenvalue weighted by molar-refractivity contribution is 0.0486. The number of carbonyl (C=O) groups is 1. The first-order chi connectivity index (χ1) is 8.66. The minimum atomic E-state index is -0.388. The number of ether oxygens (including phenoxy) is 1. The molecule has 0 aliphatic carbocycles. The second-order valence-corrected chi connectivity index (χ2v) is 4.48. The maximum Gasteiger partial charge on any atom is 0.358 e. The SMILES string of the molecule is CCCCCCCCOC(=O)c1c(N)cnn1C. The van der Waals surface area contributed by atoms with Crippen LogP contribution in [-0.2, 0) is 11.8 Å². The molecule has 18 heavy (non-hydrogen) atoms. The molecule has 0 unspecified atom stereocenters. The molecule has 1 aromatic rings. The van der Waals surface area contributed by atoms with Crippen molar-refractivity contribution in [1.82, 2.24) is 9.78 Å². The van der Waals surface area contributed by atoms with Crippen LogP contribution in [0.2, 0.25) is 0 Å². The van der Waals surface area contributed by atoms with Gasteiger partial charge in [-0.3, -0.25) is 4.68 Å². The van der Waals surface area contributed by atoms with Crippen molar-refractivity contribution in [3.63, 3.8) is 0 Å². The number of unbranched alkanes of at least 4 members (excludes halogenated alkanes) is 5.